The molecular formula is C30H60N6O6S3. The largest absolute Gasteiger partial charge is 0.368 e. The van der Waals surface area contributed by atoms with Crippen molar-refractivity contribution >= 4 is 53.0 Å². The van der Waals surface area contributed by atoms with E-state index in [4.69, 9.17) is 14.2 Å². The number of likely N-dealkylation sites (N-methyl/N-ethyl adjacent to an activating group) is 2. The van der Waals surface area contributed by atoms with E-state index in [1.807, 2.05) is 48.6 Å². The molecule has 3 amide bonds. The van der Waals surface area contributed by atoms with Gasteiger partial charge in [0.05, 0.1) is 11.7 Å². The van der Waals surface area contributed by atoms with Gasteiger partial charge in [0.2, 0.25) is 17.7 Å². The Kier molecular flexibility index (Phi) is 17.5. The van der Waals surface area contributed by atoms with E-state index in [0.717, 1.165) is 6.54 Å². The van der Waals surface area contributed by atoms with Crippen LogP contribution in [0, 0.1) is 0 Å². The van der Waals surface area contributed by atoms with Crippen LogP contribution in [0.1, 0.15) is 55.4 Å². The summed E-state index contributed by atoms with van der Waals surface area (Å²) in [5, 5.41) is 11.9. The van der Waals surface area contributed by atoms with Gasteiger partial charge in [0.1, 0.15) is 26.9 Å². The van der Waals surface area contributed by atoms with Crippen LogP contribution in [-0.2, 0) is 28.6 Å². The van der Waals surface area contributed by atoms with E-state index in [2.05, 4.69) is 44.9 Å². The van der Waals surface area contributed by atoms with Gasteiger partial charge in [0, 0.05) is 64.8 Å². The molecule has 3 atom stereocenters. The summed E-state index contributed by atoms with van der Waals surface area (Å²) < 4.78 is 16.8. The van der Waals surface area contributed by atoms with E-state index in [9.17, 15) is 14.4 Å². The first-order chi connectivity index (χ1) is 20.8. The van der Waals surface area contributed by atoms with Crippen molar-refractivity contribution in [2.45, 2.75) is 94.0 Å². The lowest BCUT2D eigenvalue weighted by Gasteiger charge is -2.41. The van der Waals surface area contributed by atoms with Crippen molar-refractivity contribution in [2.24, 2.45) is 0 Å². The monoisotopic (exact) mass is 696 g/mol. The van der Waals surface area contributed by atoms with Crippen molar-refractivity contribution in [3.63, 3.8) is 0 Å². The Balaban J connectivity index is 3.34. The number of thioether (sulfide) groups is 3. The molecule has 264 valence electrons. The summed E-state index contributed by atoms with van der Waals surface area (Å²) in [5.74, 6) is 0.0115. The van der Waals surface area contributed by atoms with Crippen LogP contribution < -0.4 is 21.3 Å². The molecule has 45 heavy (non-hydrogen) atoms. The van der Waals surface area contributed by atoms with E-state index in [1.54, 1.807) is 40.1 Å². The SMILES string of the molecule is CNCCNC(=O)C(CSC(C)(C)OC)NC(=O)[C@H](CSC(C)(C)OC)NC(=O)[C@H](CSC(C)(C)OC)N1CCN(C)C1(C)C. The number of hydrogen-bond donors (Lipinski definition) is 4. The first-order valence-corrected chi connectivity index (χ1v) is 18.3. The molecule has 0 spiro atoms. The van der Waals surface area contributed by atoms with Gasteiger partial charge in [-0.05, 0) is 69.5 Å². The van der Waals surface area contributed by atoms with Gasteiger partial charge in [-0.2, -0.15) is 0 Å². The Morgan fingerprint density at radius 1 is 0.733 bits per heavy atom. The van der Waals surface area contributed by atoms with Crippen molar-refractivity contribution in [3.05, 3.63) is 0 Å². The van der Waals surface area contributed by atoms with Gasteiger partial charge < -0.3 is 35.5 Å². The number of methoxy groups -OCH3 is 3. The summed E-state index contributed by atoms with van der Waals surface area (Å²) in [7, 11) is 8.72. The van der Waals surface area contributed by atoms with Gasteiger partial charge in [-0.1, -0.05) is 0 Å². The van der Waals surface area contributed by atoms with Crippen molar-refractivity contribution in [1.82, 2.24) is 31.1 Å². The van der Waals surface area contributed by atoms with Crippen LogP contribution in [0.15, 0.2) is 0 Å². The minimum atomic E-state index is -0.920. The van der Waals surface area contributed by atoms with E-state index in [-0.39, 0.29) is 29.0 Å². The Bertz CT molecular complexity index is 955. The number of nitrogens with zero attached hydrogens (tertiary/aromatic N) is 2. The second-order valence-electron chi connectivity index (χ2n) is 12.9. The van der Waals surface area contributed by atoms with E-state index < -0.39 is 38.8 Å². The summed E-state index contributed by atoms with van der Waals surface area (Å²) in [6, 6.07) is -2.29. The number of ether oxygens (including phenoxy) is 3. The highest BCUT2D eigenvalue weighted by molar-refractivity contribution is 8.01. The molecule has 0 bridgehead atoms. The maximum Gasteiger partial charge on any atom is 0.244 e. The van der Waals surface area contributed by atoms with E-state index >= 15 is 0 Å². The standard InChI is InChI=1S/C30H60N6O6S3/c1-27(2)35(10)16-17-36(27)23(20-45-30(7,8)42-13)26(39)34-22(19-44-29(5,6)41-12)25(38)33-21(18-43-28(3,4)40-11)24(37)32-15-14-31-9/h21-23,31H,14-20H2,1-13H3,(H,32,37)(H,33,38)(H,34,39)/t21?,22-,23-/m0/s1. The molecule has 0 aromatic carbocycles. The summed E-state index contributed by atoms with van der Waals surface area (Å²) in [4.78, 5) is 44.1. The molecule has 1 rings (SSSR count). The van der Waals surface area contributed by atoms with Crippen molar-refractivity contribution in [1.29, 1.82) is 0 Å². The third-order valence-corrected chi connectivity index (χ3v) is 12.3. The lowest BCUT2D eigenvalue weighted by molar-refractivity contribution is -0.134. The van der Waals surface area contributed by atoms with Gasteiger partial charge >= 0.3 is 0 Å². The zero-order chi connectivity index (χ0) is 34.6. The molecule has 0 radical (unpaired) electrons. The summed E-state index contributed by atoms with van der Waals surface area (Å²) >= 11 is 4.40. The Morgan fingerprint density at radius 3 is 1.60 bits per heavy atom. The number of hydrogen-bond acceptors (Lipinski definition) is 12. The van der Waals surface area contributed by atoms with Crippen molar-refractivity contribution in [2.75, 3.05) is 78.9 Å². The molecule has 1 saturated heterocycles. The Morgan fingerprint density at radius 2 is 1.18 bits per heavy atom. The third-order valence-electron chi connectivity index (χ3n) is 8.19. The van der Waals surface area contributed by atoms with Crippen LogP contribution in [0.25, 0.3) is 0 Å². The summed E-state index contributed by atoms with van der Waals surface area (Å²) in [5.41, 5.74) is -0.369. The molecule has 1 aliphatic rings. The number of carbonyl (C=O) groups excluding carboxylic acids is 3. The lowest BCUT2D eigenvalue weighted by Crippen LogP contribution is -2.61. The highest BCUT2D eigenvalue weighted by Gasteiger charge is 2.44. The summed E-state index contributed by atoms with van der Waals surface area (Å²) in [6.45, 7) is 18.3. The van der Waals surface area contributed by atoms with E-state index in [1.165, 1.54) is 23.5 Å². The van der Waals surface area contributed by atoms with Crippen LogP contribution in [0.4, 0.5) is 0 Å². The molecule has 15 heteroatoms. The highest BCUT2D eigenvalue weighted by Crippen LogP contribution is 2.32. The minimum Gasteiger partial charge on any atom is -0.368 e. The van der Waals surface area contributed by atoms with E-state index in [0.29, 0.717) is 25.4 Å². The van der Waals surface area contributed by atoms with Gasteiger partial charge in [-0.25, -0.2) is 0 Å². The molecule has 4 N–H and O–H groups in total. The first kappa shape index (κ1) is 42.2. The van der Waals surface area contributed by atoms with Gasteiger partial charge in [-0.15, -0.1) is 35.3 Å². The normalized spacial score (nSPS) is 18.3. The summed E-state index contributed by atoms with van der Waals surface area (Å²) in [6.07, 6.45) is 0. The zero-order valence-corrected chi connectivity index (χ0v) is 32.2. The molecule has 0 aliphatic carbocycles. The van der Waals surface area contributed by atoms with Crippen LogP contribution in [0.3, 0.4) is 0 Å². The topological polar surface area (TPSA) is 134 Å². The van der Waals surface area contributed by atoms with Crippen LogP contribution in [0.2, 0.25) is 0 Å². The molecule has 0 aromatic rings. The zero-order valence-electron chi connectivity index (χ0n) is 29.8. The number of carbonyl (C=O) groups is 3. The molecule has 0 aromatic heterocycles. The maximum absolute atomic E-state index is 14.2. The highest BCUT2D eigenvalue weighted by atomic mass is 32.2. The minimum absolute atomic E-state index is 0.246. The Labute approximate surface area is 284 Å². The number of rotatable bonds is 21. The fraction of sp³-hybridized carbons (Fsp3) is 0.900. The quantitative estimate of drug-likeness (QED) is 0.103. The molecule has 1 unspecified atom stereocenters. The predicted octanol–water partition coefficient (Wildman–Crippen LogP) is 1.99. The molecule has 1 heterocycles. The molecule has 0 saturated carbocycles. The average Bonchev–Trinajstić information content (AvgIpc) is 3.24. The van der Waals surface area contributed by atoms with Gasteiger partial charge in [-0.3, -0.25) is 24.2 Å². The number of amides is 3. The Hall–Kier alpha value is -0.780. The van der Waals surface area contributed by atoms with Crippen molar-refractivity contribution in [3.8, 4) is 0 Å². The van der Waals surface area contributed by atoms with Crippen LogP contribution in [0.5, 0.6) is 0 Å². The third kappa shape index (κ3) is 14.1. The van der Waals surface area contributed by atoms with Gasteiger partial charge in [0.15, 0.2) is 0 Å². The predicted molar refractivity (Wildman–Crippen MR) is 189 cm³/mol. The van der Waals surface area contributed by atoms with Crippen LogP contribution in [-0.4, -0.2) is 145 Å². The second kappa shape index (κ2) is 18.7. The first-order valence-electron chi connectivity index (χ1n) is 15.3. The van der Waals surface area contributed by atoms with Gasteiger partial charge in [0.25, 0.3) is 0 Å². The molecular weight excluding hydrogens is 637 g/mol. The maximum atomic E-state index is 14.2. The number of nitrogens with one attached hydrogen (secondary N) is 4. The second-order valence-corrected chi connectivity index (χ2v) is 17.7. The molecule has 12 nitrogen and oxygen atoms in total. The van der Waals surface area contributed by atoms with Crippen molar-refractivity contribution < 1.29 is 28.6 Å². The van der Waals surface area contributed by atoms with Crippen LogP contribution >= 0.6 is 35.3 Å². The fourth-order valence-electron chi connectivity index (χ4n) is 4.23. The average molecular weight is 697 g/mol. The fourth-order valence-corrected chi connectivity index (χ4v) is 7.08. The smallest absolute Gasteiger partial charge is 0.244 e. The molecule has 1 fully saturated rings. The molecule has 1 aliphatic heterocycles. The lowest BCUT2D eigenvalue weighted by atomic mass is 10.1.